The monoisotopic (exact) mass is 249 g/mol. The average molecular weight is 250 g/mol. The SMILES string of the molecule is O=[N+]([O-])c1c(O)ccc(-c2ccccc2)c1Cl. The lowest BCUT2D eigenvalue weighted by Gasteiger charge is -2.05. The second-order valence-electron chi connectivity index (χ2n) is 3.42. The molecule has 2 aromatic rings. The highest BCUT2D eigenvalue weighted by atomic mass is 35.5. The van der Waals surface area contributed by atoms with E-state index in [1.165, 1.54) is 6.07 Å². The van der Waals surface area contributed by atoms with Crippen molar-refractivity contribution >= 4 is 17.3 Å². The van der Waals surface area contributed by atoms with Crippen LogP contribution in [0.3, 0.4) is 0 Å². The Bertz CT molecular complexity index is 569. The fourth-order valence-corrected chi connectivity index (χ4v) is 1.91. The van der Waals surface area contributed by atoms with E-state index in [1.54, 1.807) is 18.2 Å². The van der Waals surface area contributed by atoms with Gasteiger partial charge in [-0.05, 0) is 17.7 Å². The summed E-state index contributed by atoms with van der Waals surface area (Å²) in [5, 5.41) is 20.1. The van der Waals surface area contributed by atoms with Gasteiger partial charge in [-0.3, -0.25) is 10.1 Å². The quantitative estimate of drug-likeness (QED) is 0.653. The molecule has 1 N–H and O–H groups in total. The first-order valence-electron chi connectivity index (χ1n) is 4.82. The molecule has 0 saturated heterocycles. The molecule has 0 heterocycles. The fourth-order valence-electron chi connectivity index (χ4n) is 1.57. The highest BCUT2D eigenvalue weighted by Gasteiger charge is 2.22. The Morgan fingerprint density at radius 2 is 1.76 bits per heavy atom. The summed E-state index contributed by atoms with van der Waals surface area (Å²) in [6.07, 6.45) is 0. The Hall–Kier alpha value is -2.07. The van der Waals surface area contributed by atoms with Crippen LogP contribution in [0.4, 0.5) is 5.69 Å². The van der Waals surface area contributed by atoms with Gasteiger partial charge in [0.25, 0.3) is 0 Å². The molecule has 17 heavy (non-hydrogen) atoms. The maximum atomic E-state index is 10.8. The van der Waals surface area contributed by atoms with Crippen LogP contribution in [0, 0.1) is 10.1 Å². The number of phenols is 1. The third kappa shape index (κ3) is 2.07. The van der Waals surface area contributed by atoms with E-state index in [2.05, 4.69) is 0 Å². The first kappa shape index (κ1) is 11.4. The van der Waals surface area contributed by atoms with Crippen LogP contribution in [0.2, 0.25) is 5.02 Å². The van der Waals surface area contributed by atoms with Crippen molar-refractivity contribution in [1.29, 1.82) is 0 Å². The third-order valence-corrected chi connectivity index (χ3v) is 2.74. The number of rotatable bonds is 2. The molecular formula is C12H8ClNO3. The first-order chi connectivity index (χ1) is 8.11. The second-order valence-corrected chi connectivity index (χ2v) is 3.80. The number of nitrogens with zero attached hydrogens (tertiary/aromatic N) is 1. The van der Waals surface area contributed by atoms with Crippen LogP contribution in [0.1, 0.15) is 0 Å². The van der Waals surface area contributed by atoms with Gasteiger partial charge in [0.1, 0.15) is 5.02 Å². The molecule has 0 aliphatic heterocycles. The zero-order chi connectivity index (χ0) is 12.4. The molecule has 0 atom stereocenters. The number of hydrogen-bond acceptors (Lipinski definition) is 3. The van der Waals surface area contributed by atoms with Crippen LogP contribution in [0.5, 0.6) is 5.75 Å². The van der Waals surface area contributed by atoms with Crippen LogP contribution in [0.15, 0.2) is 42.5 Å². The zero-order valence-electron chi connectivity index (χ0n) is 8.63. The summed E-state index contributed by atoms with van der Waals surface area (Å²) in [7, 11) is 0. The molecule has 0 aliphatic carbocycles. The number of aromatic hydroxyl groups is 1. The van der Waals surface area contributed by atoms with Crippen molar-refractivity contribution in [3.63, 3.8) is 0 Å². The molecule has 0 radical (unpaired) electrons. The molecule has 0 aliphatic rings. The minimum absolute atomic E-state index is 0.0544. The van der Waals surface area contributed by atoms with Crippen molar-refractivity contribution in [2.45, 2.75) is 0 Å². The predicted molar refractivity (Wildman–Crippen MR) is 65.2 cm³/mol. The molecule has 0 bridgehead atoms. The van der Waals surface area contributed by atoms with Gasteiger partial charge in [-0.1, -0.05) is 41.9 Å². The van der Waals surface area contributed by atoms with Crippen molar-refractivity contribution in [3.05, 3.63) is 57.6 Å². The number of nitro benzene ring substituents is 1. The minimum Gasteiger partial charge on any atom is -0.502 e. The van der Waals surface area contributed by atoms with Gasteiger partial charge in [0.05, 0.1) is 4.92 Å². The Kier molecular flexibility index (Phi) is 2.97. The molecule has 2 rings (SSSR count). The second kappa shape index (κ2) is 4.43. The number of benzene rings is 2. The fraction of sp³-hybridized carbons (Fsp3) is 0. The van der Waals surface area contributed by atoms with E-state index in [9.17, 15) is 15.2 Å². The average Bonchev–Trinajstić information content (AvgIpc) is 2.30. The largest absolute Gasteiger partial charge is 0.502 e. The maximum absolute atomic E-state index is 10.8. The van der Waals surface area contributed by atoms with Gasteiger partial charge in [-0.25, -0.2) is 0 Å². The van der Waals surface area contributed by atoms with Crippen molar-refractivity contribution in [2.24, 2.45) is 0 Å². The van der Waals surface area contributed by atoms with Crippen molar-refractivity contribution < 1.29 is 10.0 Å². The minimum atomic E-state index is -0.690. The molecule has 4 nitrogen and oxygen atoms in total. The van der Waals surface area contributed by atoms with E-state index in [4.69, 9.17) is 11.6 Å². The highest BCUT2D eigenvalue weighted by molar-refractivity contribution is 6.35. The Morgan fingerprint density at radius 3 is 2.35 bits per heavy atom. The smallest absolute Gasteiger partial charge is 0.329 e. The lowest BCUT2D eigenvalue weighted by atomic mass is 10.0. The standard InChI is InChI=1S/C12H8ClNO3/c13-11-9(8-4-2-1-3-5-8)6-7-10(15)12(11)14(16)17/h1-7,15H. The lowest BCUT2D eigenvalue weighted by molar-refractivity contribution is -0.385. The van der Waals surface area contributed by atoms with Gasteiger partial charge in [0.2, 0.25) is 0 Å². The summed E-state index contributed by atoms with van der Waals surface area (Å²) in [4.78, 5) is 10.1. The number of phenolic OH excluding ortho intramolecular Hbond substituents is 1. The number of nitro groups is 1. The lowest BCUT2D eigenvalue weighted by Crippen LogP contribution is -1.91. The van der Waals surface area contributed by atoms with E-state index in [-0.39, 0.29) is 5.02 Å². The molecular weight excluding hydrogens is 242 g/mol. The predicted octanol–water partition coefficient (Wildman–Crippen LogP) is 3.62. The van der Waals surface area contributed by atoms with E-state index >= 15 is 0 Å². The normalized spacial score (nSPS) is 10.2. The molecule has 86 valence electrons. The summed E-state index contributed by atoms with van der Waals surface area (Å²) >= 11 is 5.94. The van der Waals surface area contributed by atoms with Gasteiger partial charge in [-0.2, -0.15) is 0 Å². The van der Waals surface area contributed by atoms with Gasteiger partial charge in [0, 0.05) is 5.56 Å². The van der Waals surface area contributed by atoms with Crippen LogP contribution >= 0.6 is 11.6 Å². The number of halogens is 1. The summed E-state index contributed by atoms with van der Waals surface area (Å²) in [5.74, 6) is -0.431. The van der Waals surface area contributed by atoms with E-state index in [1.807, 2.05) is 18.2 Å². The molecule has 0 fully saturated rings. The van der Waals surface area contributed by atoms with Gasteiger partial charge < -0.3 is 5.11 Å². The summed E-state index contributed by atoms with van der Waals surface area (Å²) in [6, 6.07) is 11.9. The van der Waals surface area contributed by atoms with Gasteiger partial charge >= 0.3 is 5.69 Å². The van der Waals surface area contributed by atoms with E-state index in [0.717, 1.165) is 5.56 Å². The van der Waals surface area contributed by atoms with Crippen molar-refractivity contribution in [3.8, 4) is 16.9 Å². The van der Waals surface area contributed by atoms with Gasteiger partial charge in [-0.15, -0.1) is 0 Å². The van der Waals surface area contributed by atoms with E-state index in [0.29, 0.717) is 5.56 Å². The first-order valence-corrected chi connectivity index (χ1v) is 5.20. The van der Waals surface area contributed by atoms with Crippen LogP contribution in [0.25, 0.3) is 11.1 Å². The van der Waals surface area contributed by atoms with E-state index < -0.39 is 16.4 Å². The molecule has 2 aromatic carbocycles. The Balaban J connectivity index is 2.66. The Morgan fingerprint density at radius 1 is 1.12 bits per heavy atom. The van der Waals surface area contributed by atoms with Crippen LogP contribution in [-0.2, 0) is 0 Å². The van der Waals surface area contributed by atoms with Crippen molar-refractivity contribution in [2.75, 3.05) is 0 Å². The summed E-state index contributed by atoms with van der Waals surface area (Å²) in [6.45, 7) is 0. The molecule has 0 aromatic heterocycles. The molecule has 0 amide bonds. The zero-order valence-corrected chi connectivity index (χ0v) is 9.39. The highest BCUT2D eigenvalue weighted by Crippen LogP contribution is 2.40. The summed E-state index contributed by atoms with van der Waals surface area (Å²) < 4.78 is 0. The molecule has 0 spiro atoms. The van der Waals surface area contributed by atoms with Crippen molar-refractivity contribution in [1.82, 2.24) is 0 Å². The third-order valence-electron chi connectivity index (χ3n) is 2.36. The van der Waals surface area contributed by atoms with Gasteiger partial charge in [0.15, 0.2) is 5.75 Å². The maximum Gasteiger partial charge on any atom is 0.329 e. The number of hydrogen-bond donors (Lipinski definition) is 1. The topological polar surface area (TPSA) is 63.4 Å². The van der Waals surface area contributed by atoms with Crippen LogP contribution < -0.4 is 0 Å². The molecule has 5 heteroatoms. The summed E-state index contributed by atoms with van der Waals surface area (Å²) in [5.41, 5.74) is 0.824. The van der Waals surface area contributed by atoms with Crippen LogP contribution in [-0.4, -0.2) is 10.0 Å². The molecule has 0 saturated carbocycles. The molecule has 0 unspecified atom stereocenters. The Labute approximate surface area is 102 Å².